The Labute approximate surface area is 84.9 Å². The number of hydrogen-bond donors (Lipinski definition) is 0. The molecule has 76 valence electrons. The lowest BCUT2D eigenvalue weighted by molar-refractivity contribution is 0.171. The van der Waals surface area contributed by atoms with Crippen molar-refractivity contribution in [3.8, 4) is 0 Å². The Morgan fingerprint density at radius 2 is 2.13 bits per heavy atom. The molecule has 0 unspecified atom stereocenters. The number of nitrogens with zero attached hydrogens (tertiary/aromatic N) is 2. The highest BCUT2D eigenvalue weighted by Crippen LogP contribution is 2.04. The summed E-state index contributed by atoms with van der Waals surface area (Å²) < 4.78 is 5.29. The van der Waals surface area contributed by atoms with Crippen molar-refractivity contribution < 1.29 is 9.53 Å². The molecule has 1 aromatic carbocycles. The molecule has 0 fully saturated rings. The molecule has 0 saturated heterocycles. The van der Waals surface area contributed by atoms with E-state index in [1.807, 2.05) is 0 Å². The van der Waals surface area contributed by atoms with Gasteiger partial charge in [-0.2, -0.15) is 0 Å². The van der Waals surface area contributed by atoms with Gasteiger partial charge in [0.1, 0.15) is 6.33 Å². The van der Waals surface area contributed by atoms with Gasteiger partial charge in [-0.05, 0) is 12.1 Å². The maximum absolute atomic E-state index is 11.8. The van der Waals surface area contributed by atoms with E-state index in [1.165, 1.54) is 7.11 Å². The lowest BCUT2D eigenvalue weighted by Gasteiger charge is -2.02. The van der Waals surface area contributed by atoms with Crippen molar-refractivity contribution in [3.05, 3.63) is 40.9 Å². The molecule has 0 aliphatic heterocycles. The van der Waals surface area contributed by atoms with Crippen LogP contribution in [-0.2, 0) is 4.74 Å². The predicted molar refractivity (Wildman–Crippen MR) is 53.8 cm³/mol. The average Bonchev–Trinajstić information content (AvgIpc) is 2.29. The number of para-hydroxylation sites is 1. The van der Waals surface area contributed by atoms with Crippen LogP contribution in [0, 0.1) is 0 Å². The van der Waals surface area contributed by atoms with Gasteiger partial charge in [0.25, 0.3) is 5.56 Å². The third-order valence-electron chi connectivity index (χ3n) is 2.04. The number of rotatable bonds is 0. The summed E-state index contributed by atoms with van der Waals surface area (Å²) in [6, 6.07) is 6.81. The van der Waals surface area contributed by atoms with E-state index in [1.54, 1.807) is 24.3 Å². The second-order valence-corrected chi connectivity index (χ2v) is 2.91. The van der Waals surface area contributed by atoms with E-state index >= 15 is 0 Å². The third kappa shape index (κ3) is 1.48. The summed E-state index contributed by atoms with van der Waals surface area (Å²) in [5.74, 6) is 0. The van der Waals surface area contributed by atoms with Gasteiger partial charge in [-0.15, -0.1) is 0 Å². The summed E-state index contributed by atoms with van der Waals surface area (Å²) in [6.45, 7) is 0. The van der Waals surface area contributed by atoms with Crippen LogP contribution in [0.5, 0.6) is 0 Å². The van der Waals surface area contributed by atoms with Gasteiger partial charge in [0.2, 0.25) is 0 Å². The van der Waals surface area contributed by atoms with Gasteiger partial charge in [0, 0.05) is 0 Å². The molecule has 0 radical (unpaired) electrons. The van der Waals surface area contributed by atoms with Crippen LogP contribution in [0.1, 0.15) is 0 Å². The van der Waals surface area contributed by atoms with Gasteiger partial charge >= 0.3 is 6.09 Å². The van der Waals surface area contributed by atoms with Crippen LogP contribution in [0.3, 0.4) is 0 Å². The Hall–Kier alpha value is -2.17. The lowest BCUT2D eigenvalue weighted by atomic mass is 10.2. The SMILES string of the molecule is COC(=O)n1cnc2ccccc2c1=O. The van der Waals surface area contributed by atoms with Crippen molar-refractivity contribution in [2.45, 2.75) is 0 Å². The van der Waals surface area contributed by atoms with Gasteiger partial charge in [-0.3, -0.25) is 4.79 Å². The van der Waals surface area contributed by atoms with E-state index in [0.29, 0.717) is 10.9 Å². The second kappa shape index (κ2) is 3.53. The normalized spacial score (nSPS) is 10.2. The van der Waals surface area contributed by atoms with Crippen molar-refractivity contribution >= 4 is 17.0 Å². The summed E-state index contributed by atoms with van der Waals surface area (Å²) in [5.41, 5.74) is 0.134. The van der Waals surface area contributed by atoms with Crippen molar-refractivity contribution in [1.29, 1.82) is 0 Å². The molecule has 15 heavy (non-hydrogen) atoms. The average molecular weight is 204 g/mol. The molecule has 1 heterocycles. The molecule has 0 spiro atoms. The highest BCUT2D eigenvalue weighted by atomic mass is 16.5. The lowest BCUT2D eigenvalue weighted by Crippen LogP contribution is -2.27. The molecule has 0 atom stereocenters. The standard InChI is InChI=1S/C10H8N2O3/c1-15-10(14)12-6-11-8-5-3-2-4-7(8)9(12)13/h2-6H,1H3. The van der Waals surface area contributed by atoms with Crippen LogP contribution < -0.4 is 5.56 Å². The van der Waals surface area contributed by atoms with Crippen molar-refractivity contribution in [3.63, 3.8) is 0 Å². The number of methoxy groups -OCH3 is 1. The summed E-state index contributed by atoms with van der Waals surface area (Å²) in [4.78, 5) is 26.9. The summed E-state index contributed by atoms with van der Waals surface area (Å²) in [6.07, 6.45) is 0.425. The van der Waals surface area contributed by atoms with E-state index in [4.69, 9.17) is 0 Å². The summed E-state index contributed by atoms with van der Waals surface area (Å²) >= 11 is 0. The fourth-order valence-electron chi connectivity index (χ4n) is 1.30. The highest BCUT2D eigenvalue weighted by molar-refractivity contribution is 5.80. The van der Waals surface area contributed by atoms with Gasteiger partial charge in [0.15, 0.2) is 0 Å². The van der Waals surface area contributed by atoms with E-state index in [0.717, 1.165) is 10.9 Å². The van der Waals surface area contributed by atoms with Crippen molar-refractivity contribution in [1.82, 2.24) is 9.55 Å². The first-order chi connectivity index (χ1) is 7.24. The minimum Gasteiger partial charge on any atom is -0.452 e. The van der Waals surface area contributed by atoms with Gasteiger partial charge in [-0.25, -0.2) is 14.3 Å². The molecule has 0 saturated carbocycles. The van der Waals surface area contributed by atoms with Gasteiger partial charge in [-0.1, -0.05) is 12.1 Å². The topological polar surface area (TPSA) is 61.2 Å². The zero-order valence-corrected chi connectivity index (χ0v) is 8.01. The first-order valence-electron chi connectivity index (χ1n) is 4.29. The fourth-order valence-corrected chi connectivity index (χ4v) is 1.30. The third-order valence-corrected chi connectivity index (χ3v) is 2.04. The second-order valence-electron chi connectivity index (χ2n) is 2.91. The fraction of sp³-hybridized carbons (Fsp3) is 0.100. The molecule has 0 N–H and O–H groups in total. The Balaban J connectivity index is 2.76. The molecule has 0 amide bonds. The van der Waals surface area contributed by atoms with Crippen molar-refractivity contribution in [2.24, 2.45) is 0 Å². The number of benzene rings is 1. The van der Waals surface area contributed by atoms with Crippen LogP contribution in [0.2, 0.25) is 0 Å². The number of ether oxygens (including phenoxy) is 1. The monoisotopic (exact) mass is 204 g/mol. The predicted octanol–water partition coefficient (Wildman–Crippen LogP) is 1.01. The molecular formula is C10H8N2O3. The quantitative estimate of drug-likeness (QED) is 0.642. The molecule has 2 aromatic rings. The Bertz CT molecular complexity index is 574. The Morgan fingerprint density at radius 1 is 1.40 bits per heavy atom. The molecule has 0 bridgehead atoms. The van der Waals surface area contributed by atoms with Gasteiger partial charge < -0.3 is 4.74 Å². The number of carbonyl (C=O) groups is 1. The summed E-state index contributed by atoms with van der Waals surface area (Å²) in [7, 11) is 1.21. The Kier molecular flexibility index (Phi) is 2.21. The molecule has 5 heteroatoms. The number of carbonyl (C=O) groups excluding carboxylic acids is 1. The van der Waals surface area contributed by atoms with Crippen LogP contribution in [-0.4, -0.2) is 22.8 Å². The van der Waals surface area contributed by atoms with Crippen LogP contribution in [0.25, 0.3) is 10.9 Å². The van der Waals surface area contributed by atoms with Crippen LogP contribution >= 0.6 is 0 Å². The number of fused-ring (bicyclic) bond motifs is 1. The van der Waals surface area contributed by atoms with E-state index in [-0.39, 0.29) is 0 Å². The Morgan fingerprint density at radius 3 is 2.87 bits per heavy atom. The molecule has 0 aliphatic rings. The van der Waals surface area contributed by atoms with Crippen LogP contribution in [0.4, 0.5) is 4.79 Å². The van der Waals surface area contributed by atoms with Crippen molar-refractivity contribution in [2.75, 3.05) is 7.11 Å². The van der Waals surface area contributed by atoms with Crippen LogP contribution in [0.15, 0.2) is 35.4 Å². The molecule has 5 nitrogen and oxygen atoms in total. The number of aromatic nitrogens is 2. The highest BCUT2D eigenvalue weighted by Gasteiger charge is 2.09. The minimum atomic E-state index is -0.738. The van der Waals surface area contributed by atoms with E-state index < -0.39 is 11.7 Å². The van der Waals surface area contributed by atoms with E-state index in [9.17, 15) is 9.59 Å². The maximum Gasteiger partial charge on any atom is 0.421 e. The zero-order valence-electron chi connectivity index (χ0n) is 8.01. The van der Waals surface area contributed by atoms with Gasteiger partial charge in [0.05, 0.1) is 18.0 Å². The largest absolute Gasteiger partial charge is 0.452 e. The first-order valence-corrected chi connectivity index (χ1v) is 4.29. The molecular weight excluding hydrogens is 196 g/mol. The number of hydrogen-bond acceptors (Lipinski definition) is 4. The maximum atomic E-state index is 11.8. The molecule has 0 aliphatic carbocycles. The smallest absolute Gasteiger partial charge is 0.421 e. The van der Waals surface area contributed by atoms with E-state index in [2.05, 4.69) is 9.72 Å². The summed E-state index contributed by atoms with van der Waals surface area (Å²) in [5, 5.41) is 0.394. The molecule has 2 rings (SSSR count). The zero-order chi connectivity index (χ0) is 10.8. The molecule has 1 aromatic heterocycles. The first kappa shape index (κ1) is 9.39. The minimum absolute atomic E-state index is 0.394.